The van der Waals surface area contributed by atoms with Crippen LogP contribution in [0.15, 0.2) is 0 Å². The topological polar surface area (TPSA) is 58.2 Å². The van der Waals surface area contributed by atoms with Crippen LogP contribution in [-0.4, -0.2) is 33.3 Å². The van der Waals surface area contributed by atoms with Gasteiger partial charge in [0, 0.05) is 12.6 Å². The Hall–Kier alpha value is -0.130. The first kappa shape index (κ1) is 11.9. The van der Waals surface area contributed by atoms with Crippen molar-refractivity contribution >= 4 is 10.0 Å². The van der Waals surface area contributed by atoms with E-state index < -0.39 is 10.0 Å². The molecule has 1 aliphatic heterocycles. The Labute approximate surface area is 86.5 Å². The van der Waals surface area contributed by atoms with E-state index in [2.05, 4.69) is 10.0 Å². The molecule has 0 aromatic rings. The highest BCUT2D eigenvalue weighted by Crippen LogP contribution is 2.09. The quantitative estimate of drug-likeness (QED) is 0.683. The molecule has 14 heavy (non-hydrogen) atoms. The molecule has 0 aliphatic carbocycles. The summed E-state index contributed by atoms with van der Waals surface area (Å²) < 4.78 is 25.4. The van der Waals surface area contributed by atoms with Crippen LogP contribution in [0.3, 0.4) is 0 Å². The van der Waals surface area contributed by atoms with Gasteiger partial charge in [-0.3, -0.25) is 0 Å². The van der Waals surface area contributed by atoms with Crippen LogP contribution in [0.4, 0.5) is 0 Å². The second-order valence-corrected chi connectivity index (χ2v) is 5.72. The van der Waals surface area contributed by atoms with Gasteiger partial charge in [0.15, 0.2) is 0 Å². The van der Waals surface area contributed by atoms with Crippen molar-refractivity contribution in [1.29, 1.82) is 0 Å². The monoisotopic (exact) mass is 220 g/mol. The summed E-state index contributed by atoms with van der Waals surface area (Å²) in [6, 6.07) is 0.410. The van der Waals surface area contributed by atoms with Gasteiger partial charge >= 0.3 is 0 Å². The summed E-state index contributed by atoms with van der Waals surface area (Å²) in [7, 11) is -3.02. The summed E-state index contributed by atoms with van der Waals surface area (Å²) in [6.07, 6.45) is 3.87. The van der Waals surface area contributed by atoms with E-state index >= 15 is 0 Å². The van der Waals surface area contributed by atoms with Crippen molar-refractivity contribution in [3.63, 3.8) is 0 Å². The van der Waals surface area contributed by atoms with E-state index in [0.29, 0.717) is 12.6 Å². The Morgan fingerprint density at radius 3 is 2.86 bits per heavy atom. The number of hydrogen-bond acceptors (Lipinski definition) is 3. The smallest absolute Gasteiger partial charge is 0.211 e. The fourth-order valence-electron chi connectivity index (χ4n) is 1.63. The fourth-order valence-corrected chi connectivity index (χ4v) is 2.88. The molecule has 2 N–H and O–H groups in total. The Bertz CT molecular complexity index is 246. The highest BCUT2D eigenvalue weighted by atomic mass is 32.2. The highest BCUT2D eigenvalue weighted by Gasteiger charge is 2.17. The second-order valence-electron chi connectivity index (χ2n) is 3.80. The van der Waals surface area contributed by atoms with Crippen LogP contribution in [-0.2, 0) is 10.0 Å². The average Bonchev–Trinajstić information content (AvgIpc) is 2.64. The average molecular weight is 220 g/mol. The molecule has 0 bridgehead atoms. The van der Waals surface area contributed by atoms with Crippen LogP contribution < -0.4 is 10.0 Å². The summed E-state index contributed by atoms with van der Waals surface area (Å²) in [5.41, 5.74) is 0. The molecule has 0 radical (unpaired) electrons. The third kappa shape index (κ3) is 4.39. The number of sulfonamides is 1. The van der Waals surface area contributed by atoms with Gasteiger partial charge in [-0.1, -0.05) is 6.92 Å². The molecule has 0 aromatic carbocycles. The van der Waals surface area contributed by atoms with Crippen molar-refractivity contribution in [2.75, 3.05) is 18.8 Å². The maximum absolute atomic E-state index is 11.4. The van der Waals surface area contributed by atoms with Crippen LogP contribution in [0.2, 0.25) is 0 Å². The third-order valence-corrected chi connectivity index (χ3v) is 3.89. The van der Waals surface area contributed by atoms with E-state index in [4.69, 9.17) is 0 Å². The molecule has 1 rings (SSSR count). The zero-order chi connectivity index (χ0) is 10.4. The normalized spacial score (nSPS) is 22.8. The van der Waals surface area contributed by atoms with Gasteiger partial charge in [0.2, 0.25) is 10.0 Å². The number of nitrogens with one attached hydrogen (secondary N) is 2. The summed E-state index contributed by atoms with van der Waals surface area (Å²) in [6.45, 7) is 3.55. The molecule has 1 atom stereocenters. The SMILES string of the molecule is CCCNS(=O)(=O)CCC1CCCN1. The van der Waals surface area contributed by atoms with Gasteiger partial charge in [0.05, 0.1) is 5.75 Å². The molecule has 0 saturated carbocycles. The lowest BCUT2D eigenvalue weighted by Crippen LogP contribution is -2.31. The summed E-state index contributed by atoms with van der Waals surface area (Å²) in [5.74, 6) is 0.255. The largest absolute Gasteiger partial charge is 0.314 e. The predicted octanol–water partition coefficient (Wildman–Crippen LogP) is 0.458. The van der Waals surface area contributed by atoms with Crippen molar-refractivity contribution in [2.24, 2.45) is 0 Å². The minimum absolute atomic E-state index is 0.255. The van der Waals surface area contributed by atoms with Crippen LogP contribution >= 0.6 is 0 Å². The van der Waals surface area contributed by atoms with E-state index in [1.165, 1.54) is 6.42 Å². The van der Waals surface area contributed by atoms with Crippen molar-refractivity contribution < 1.29 is 8.42 Å². The zero-order valence-electron chi connectivity index (χ0n) is 8.75. The van der Waals surface area contributed by atoms with E-state index in [9.17, 15) is 8.42 Å². The molecule has 1 saturated heterocycles. The lowest BCUT2D eigenvalue weighted by atomic mass is 10.2. The molecular formula is C9H20N2O2S. The predicted molar refractivity (Wildman–Crippen MR) is 57.7 cm³/mol. The Balaban J connectivity index is 2.21. The van der Waals surface area contributed by atoms with Crippen molar-refractivity contribution in [3.8, 4) is 0 Å². The molecule has 1 heterocycles. The van der Waals surface area contributed by atoms with E-state index in [0.717, 1.165) is 25.8 Å². The van der Waals surface area contributed by atoms with Gasteiger partial charge in [-0.2, -0.15) is 0 Å². The molecule has 84 valence electrons. The standard InChI is InChI=1S/C9H20N2O2S/c1-2-6-11-14(12,13)8-5-9-4-3-7-10-9/h9-11H,2-8H2,1H3. The molecule has 5 heteroatoms. The lowest BCUT2D eigenvalue weighted by molar-refractivity contribution is 0.553. The summed E-state index contributed by atoms with van der Waals surface area (Å²) in [4.78, 5) is 0. The van der Waals surface area contributed by atoms with Crippen LogP contribution in [0.25, 0.3) is 0 Å². The van der Waals surface area contributed by atoms with Gasteiger partial charge in [0.25, 0.3) is 0 Å². The van der Waals surface area contributed by atoms with Crippen LogP contribution in [0.1, 0.15) is 32.6 Å². The fraction of sp³-hybridized carbons (Fsp3) is 1.00. The van der Waals surface area contributed by atoms with Crippen LogP contribution in [0, 0.1) is 0 Å². The maximum atomic E-state index is 11.4. The van der Waals surface area contributed by atoms with E-state index in [-0.39, 0.29) is 5.75 Å². The van der Waals surface area contributed by atoms with Gasteiger partial charge < -0.3 is 5.32 Å². The number of rotatable bonds is 6. The Morgan fingerprint density at radius 2 is 2.29 bits per heavy atom. The summed E-state index contributed by atoms with van der Waals surface area (Å²) >= 11 is 0. The van der Waals surface area contributed by atoms with Gasteiger partial charge in [-0.05, 0) is 32.2 Å². The maximum Gasteiger partial charge on any atom is 0.211 e. The molecular weight excluding hydrogens is 200 g/mol. The lowest BCUT2D eigenvalue weighted by Gasteiger charge is -2.10. The Kier molecular flexibility index (Phi) is 4.84. The molecule has 0 spiro atoms. The molecule has 4 nitrogen and oxygen atoms in total. The third-order valence-electron chi connectivity index (χ3n) is 2.47. The second kappa shape index (κ2) is 5.68. The van der Waals surface area contributed by atoms with E-state index in [1.807, 2.05) is 6.92 Å². The van der Waals surface area contributed by atoms with Crippen molar-refractivity contribution in [2.45, 2.75) is 38.6 Å². The summed E-state index contributed by atoms with van der Waals surface area (Å²) in [5, 5.41) is 3.29. The van der Waals surface area contributed by atoms with Gasteiger partial charge in [-0.15, -0.1) is 0 Å². The molecule has 0 aromatic heterocycles. The highest BCUT2D eigenvalue weighted by molar-refractivity contribution is 7.89. The first-order valence-corrected chi connectivity index (χ1v) is 7.00. The van der Waals surface area contributed by atoms with Gasteiger partial charge in [-0.25, -0.2) is 13.1 Å². The number of hydrogen-bond donors (Lipinski definition) is 2. The zero-order valence-corrected chi connectivity index (χ0v) is 9.57. The van der Waals surface area contributed by atoms with Crippen molar-refractivity contribution in [3.05, 3.63) is 0 Å². The molecule has 1 aliphatic rings. The Morgan fingerprint density at radius 1 is 1.50 bits per heavy atom. The van der Waals surface area contributed by atoms with Crippen LogP contribution in [0.5, 0.6) is 0 Å². The van der Waals surface area contributed by atoms with E-state index in [1.54, 1.807) is 0 Å². The minimum atomic E-state index is -3.02. The first-order valence-electron chi connectivity index (χ1n) is 5.35. The minimum Gasteiger partial charge on any atom is -0.314 e. The molecule has 0 amide bonds. The first-order chi connectivity index (χ1) is 6.64. The van der Waals surface area contributed by atoms with Gasteiger partial charge in [0.1, 0.15) is 0 Å². The molecule has 1 unspecified atom stereocenters. The molecule has 1 fully saturated rings. The van der Waals surface area contributed by atoms with Crippen molar-refractivity contribution in [1.82, 2.24) is 10.0 Å².